The van der Waals surface area contributed by atoms with Gasteiger partial charge in [-0.2, -0.15) is 5.10 Å². The molecule has 0 saturated carbocycles. The van der Waals surface area contributed by atoms with Crippen molar-refractivity contribution in [1.82, 2.24) is 14.7 Å². The molecule has 0 fully saturated rings. The number of nitro groups is 1. The Balaban J connectivity index is 1.66. The number of non-ortho nitro benzene ring substituents is 1. The first-order valence-electron chi connectivity index (χ1n) is 9.45. The van der Waals surface area contributed by atoms with Crippen molar-refractivity contribution in [2.45, 2.75) is 11.8 Å². The van der Waals surface area contributed by atoms with Crippen molar-refractivity contribution >= 4 is 33.7 Å². The Morgan fingerprint density at radius 3 is 2.27 bits per heavy atom. The van der Waals surface area contributed by atoms with Crippen LogP contribution in [0.1, 0.15) is 32.0 Å². The Kier molecular flexibility index (Phi) is 6.68. The fraction of sp³-hybridized carbons (Fsp3) is 0.0952. The summed E-state index contributed by atoms with van der Waals surface area (Å²) < 4.78 is 28.4. The zero-order valence-corrected chi connectivity index (χ0v) is 18.4. The summed E-state index contributed by atoms with van der Waals surface area (Å²) in [6.07, 6.45) is 2.69. The first kappa shape index (κ1) is 23.3. The number of nitrogens with zero attached hydrogens (tertiary/aromatic N) is 3. The predicted molar refractivity (Wildman–Crippen MR) is 119 cm³/mol. The Bertz CT molecular complexity index is 1340. The van der Waals surface area contributed by atoms with Crippen LogP contribution in [0.15, 0.2) is 70.8 Å². The minimum Gasteiger partial charge on any atom is -0.349 e. The van der Waals surface area contributed by atoms with E-state index in [1.807, 2.05) is 11.6 Å². The zero-order valence-electron chi connectivity index (χ0n) is 17.6. The molecule has 170 valence electrons. The van der Waals surface area contributed by atoms with Gasteiger partial charge < -0.3 is 4.57 Å². The summed E-state index contributed by atoms with van der Waals surface area (Å²) in [5.74, 6) is -1.40. The predicted octanol–water partition coefficient (Wildman–Crippen LogP) is 2.12. The maximum Gasteiger partial charge on any atom is 0.271 e. The number of hydrazone groups is 1. The average Bonchev–Trinajstić information content (AvgIpc) is 3.14. The first-order chi connectivity index (χ1) is 15.6. The van der Waals surface area contributed by atoms with E-state index in [9.17, 15) is 28.1 Å². The van der Waals surface area contributed by atoms with Crippen LogP contribution in [-0.4, -0.2) is 35.9 Å². The maximum absolute atomic E-state index is 12.4. The SMILES string of the molecule is Cc1ccc(S(=O)(=O)NC(=O)c2cc(C=NNC(=O)c3ccc([N+](=O)[O-])cc3)n(C)c2)cc1. The summed E-state index contributed by atoms with van der Waals surface area (Å²) in [4.78, 5) is 34.6. The molecule has 11 nitrogen and oxygen atoms in total. The van der Waals surface area contributed by atoms with E-state index in [1.54, 1.807) is 19.2 Å². The van der Waals surface area contributed by atoms with Crippen molar-refractivity contribution in [3.8, 4) is 0 Å². The number of carbonyl (C=O) groups is 2. The molecule has 0 spiro atoms. The molecule has 0 aliphatic heterocycles. The van der Waals surface area contributed by atoms with Crippen molar-refractivity contribution in [2.24, 2.45) is 12.1 Å². The van der Waals surface area contributed by atoms with E-state index in [4.69, 9.17) is 0 Å². The molecule has 3 aromatic rings. The third-order valence-corrected chi connectivity index (χ3v) is 5.91. The molecule has 0 unspecified atom stereocenters. The number of nitro benzene ring substituents is 1. The summed E-state index contributed by atoms with van der Waals surface area (Å²) in [6.45, 7) is 1.82. The number of nitrogens with one attached hydrogen (secondary N) is 2. The molecule has 0 aliphatic carbocycles. The molecule has 0 aliphatic rings. The number of amides is 2. The van der Waals surface area contributed by atoms with Gasteiger partial charge in [-0.1, -0.05) is 17.7 Å². The van der Waals surface area contributed by atoms with Crippen LogP contribution in [0.3, 0.4) is 0 Å². The largest absolute Gasteiger partial charge is 0.349 e. The second-order valence-corrected chi connectivity index (χ2v) is 8.70. The topological polar surface area (TPSA) is 153 Å². The van der Waals surface area contributed by atoms with E-state index >= 15 is 0 Å². The molecule has 1 heterocycles. The highest BCUT2D eigenvalue weighted by Gasteiger charge is 2.20. The smallest absolute Gasteiger partial charge is 0.271 e. The average molecular weight is 469 g/mol. The molecule has 0 atom stereocenters. The minimum atomic E-state index is -4.04. The number of sulfonamides is 1. The second-order valence-electron chi connectivity index (χ2n) is 7.02. The highest BCUT2D eigenvalue weighted by atomic mass is 32.2. The van der Waals surface area contributed by atoms with E-state index in [0.717, 1.165) is 5.56 Å². The van der Waals surface area contributed by atoms with Crippen molar-refractivity contribution in [2.75, 3.05) is 0 Å². The lowest BCUT2D eigenvalue weighted by molar-refractivity contribution is -0.384. The van der Waals surface area contributed by atoms with Gasteiger partial charge in [0, 0.05) is 30.9 Å². The van der Waals surface area contributed by atoms with Gasteiger partial charge in [0.2, 0.25) is 0 Å². The van der Waals surface area contributed by atoms with Crippen LogP contribution in [0.25, 0.3) is 0 Å². The van der Waals surface area contributed by atoms with Gasteiger partial charge in [0.05, 0.1) is 27.3 Å². The number of benzene rings is 2. The molecular weight excluding hydrogens is 450 g/mol. The highest BCUT2D eigenvalue weighted by Crippen LogP contribution is 2.13. The Morgan fingerprint density at radius 2 is 1.67 bits per heavy atom. The number of aryl methyl sites for hydroxylation is 2. The fourth-order valence-electron chi connectivity index (χ4n) is 2.75. The van der Waals surface area contributed by atoms with Gasteiger partial charge in [-0.05, 0) is 37.3 Å². The van der Waals surface area contributed by atoms with Crippen molar-refractivity contribution in [1.29, 1.82) is 0 Å². The second kappa shape index (κ2) is 9.44. The maximum atomic E-state index is 12.4. The van der Waals surface area contributed by atoms with Gasteiger partial charge in [0.15, 0.2) is 0 Å². The van der Waals surface area contributed by atoms with Crippen molar-refractivity contribution in [3.63, 3.8) is 0 Å². The first-order valence-corrected chi connectivity index (χ1v) is 10.9. The van der Waals surface area contributed by atoms with Crippen LogP contribution in [-0.2, 0) is 17.1 Å². The van der Waals surface area contributed by atoms with Gasteiger partial charge in [0.25, 0.3) is 27.5 Å². The number of carbonyl (C=O) groups excluding carboxylic acids is 2. The molecule has 2 N–H and O–H groups in total. The van der Waals surface area contributed by atoms with Crippen molar-refractivity contribution < 1.29 is 22.9 Å². The van der Waals surface area contributed by atoms with Gasteiger partial charge in [0.1, 0.15) is 0 Å². The number of hydrogen-bond donors (Lipinski definition) is 2. The van der Waals surface area contributed by atoms with Crippen LogP contribution < -0.4 is 10.1 Å². The number of rotatable bonds is 7. The lowest BCUT2D eigenvalue weighted by Gasteiger charge is -2.06. The monoisotopic (exact) mass is 469 g/mol. The van der Waals surface area contributed by atoms with Gasteiger partial charge in [-0.15, -0.1) is 0 Å². The lowest BCUT2D eigenvalue weighted by Crippen LogP contribution is -2.30. The van der Waals surface area contributed by atoms with E-state index < -0.39 is 26.8 Å². The zero-order chi connectivity index (χ0) is 24.2. The molecule has 33 heavy (non-hydrogen) atoms. The quantitative estimate of drug-likeness (QED) is 0.307. The van der Waals surface area contributed by atoms with E-state index in [0.29, 0.717) is 5.69 Å². The van der Waals surface area contributed by atoms with Crippen LogP contribution >= 0.6 is 0 Å². The Labute approximate surface area is 188 Å². The van der Waals surface area contributed by atoms with E-state index in [2.05, 4.69) is 10.5 Å². The van der Waals surface area contributed by atoms with Crippen LogP contribution in [0, 0.1) is 17.0 Å². The van der Waals surface area contributed by atoms with Gasteiger partial charge in [-0.3, -0.25) is 19.7 Å². The highest BCUT2D eigenvalue weighted by molar-refractivity contribution is 7.90. The van der Waals surface area contributed by atoms with Gasteiger partial charge in [-0.25, -0.2) is 18.6 Å². The third-order valence-electron chi connectivity index (χ3n) is 4.57. The van der Waals surface area contributed by atoms with E-state index in [-0.39, 0.29) is 21.7 Å². The summed E-state index contributed by atoms with van der Waals surface area (Å²) in [6, 6.07) is 12.5. The molecule has 2 amide bonds. The molecule has 3 rings (SSSR count). The number of aromatic nitrogens is 1. The molecule has 0 radical (unpaired) electrons. The normalized spacial score (nSPS) is 11.3. The third kappa shape index (κ3) is 5.68. The fourth-order valence-corrected chi connectivity index (χ4v) is 3.72. The summed E-state index contributed by atoms with van der Waals surface area (Å²) in [5, 5.41) is 14.5. The molecule has 2 aromatic carbocycles. The summed E-state index contributed by atoms with van der Waals surface area (Å²) >= 11 is 0. The van der Waals surface area contributed by atoms with Crippen molar-refractivity contribution in [3.05, 3.63) is 93.3 Å². The molecule has 0 bridgehead atoms. The molecule has 1 aromatic heterocycles. The van der Waals surface area contributed by atoms with E-state index in [1.165, 1.54) is 59.4 Å². The van der Waals surface area contributed by atoms with Crippen LogP contribution in [0.5, 0.6) is 0 Å². The molecule has 12 heteroatoms. The van der Waals surface area contributed by atoms with Crippen LogP contribution in [0.4, 0.5) is 5.69 Å². The standard InChI is InChI=1S/C21H19N5O6S/c1-14-3-9-19(10-4-14)33(31,32)24-21(28)16-11-18(25(2)13-16)12-22-23-20(27)15-5-7-17(8-6-15)26(29)30/h3-13H,1-2H3,(H,23,27)(H,24,28). The van der Waals surface area contributed by atoms with Gasteiger partial charge >= 0.3 is 0 Å². The Morgan fingerprint density at radius 1 is 1.03 bits per heavy atom. The number of hydrogen-bond acceptors (Lipinski definition) is 7. The Hall–Kier alpha value is -4.32. The van der Waals surface area contributed by atoms with Crippen LogP contribution in [0.2, 0.25) is 0 Å². The minimum absolute atomic E-state index is 0.0341. The lowest BCUT2D eigenvalue weighted by atomic mass is 10.2. The summed E-state index contributed by atoms with van der Waals surface area (Å²) in [5.41, 5.74) is 3.68. The summed E-state index contributed by atoms with van der Waals surface area (Å²) in [7, 11) is -2.42. The molecule has 0 saturated heterocycles. The molecular formula is C21H19N5O6S.